The molecule has 90 valence electrons. The van der Waals surface area contributed by atoms with Crippen LogP contribution >= 0.6 is 0 Å². The van der Waals surface area contributed by atoms with Gasteiger partial charge in [0, 0.05) is 0 Å². The van der Waals surface area contributed by atoms with Crippen molar-refractivity contribution in [1.82, 2.24) is 5.32 Å². The molecule has 0 unspecified atom stereocenters. The first kappa shape index (κ1) is 11.0. The molecule has 1 aromatic carbocycles. The number of piperidine rings is 1. The summed E-state index contributed by atoms with van der Waals surface area (Å²) < 4.78 is 0. The maximum absolute atomic E-state index is 3.41. The summed E-state index contributed by atoms with van der Waals surface area (Å²) in [7, 11) is 0. The smallest absolute Gasteiger partial charge is 0.00433 e. The van der Waals surface area contributed by atoms with Gasteiger partial charge in [0.15, 0.2) is 0 Å². The van der Waals surface area contributed by atoms with Crippen molar-refractivity contribution in [3.05, 3.63) is 41.5 Å². The van der Waals surface area contributed by atoms with Crippen LogP contribution < -0.4 is 5.32 Å². The van der Waals surface area contributed by atoms with E-state index >= 15 is 0 Å². The second-order valence-electron chi connectivity index (χ2n) is 5.39. The van der Waals surface area contributed by atoms with Crippen LogP contribution in [0.1, 0.15) is 42.7 Å². The fraction of sp³-hybridized carbons (Fsp3) is 0.500. The Morgan fingerprint density at radius 3 is 2.29 bits per heavy atom. The van der Waals surface area contributed by atoms with Gasteiger partial charge in [0.05, 0.1) is 0 Å². The maximum atomic E-state index is 3.41. The molecular formula is C16H21N. The number of benzene rings is 1. The standard InChI is InChI=1S/C16H21N/c1(2-14-9-11-17-12-10-14)13-3-5-15(6-4-13)16-7-8-16/h1-6,14,16-17H,7-12H2/b2-1+. The van der Waals surface area contributed by atoms with E-state index in [0.717, 1.165) is 11.8 Å². The number of rotatable bonds is 3. The summed E-state index contributed by atoms with van der Waals surface area (Å²) in [4.78, 5) is 0. The Kier molecular flexibility index (Phi) is 3.28. The molecule has 0 amide bonds. The molecule has 0 spiro atoms. The zero-order valence-electron chi connectivity index (χ0n) is 10.4. The molecule has 1 saturated carbocycles. The zero-order valence-corrected chi connectivity index (χ0v) is 10.4. The van der Waals surface area contributed by atoms with Gasteiger partial charge in [0.25, 0.3) is 0 Å². The van der Waals surface area contributed by atoms with Gasteiger partial charge in [0.1, 0.15) is 0 Å². The summed E-state index contributed by atoms with van der Waals surface area (Å²) in [5, 5.41) is 3.41. The highest BCUT2D eigenvalue weighted by Crippen LogP contribution is 2.39. The monoisotopic (exact) mass is 227 g/mol. The first-order valence-corrected chi connectivity index (χ1v) is 6.91. The van der Waals surface area contributed by atoms with Crippen LogP contribution in [0, 0.1) is 5.92 Å². The first-order valence-electron chi connectivity index (χ1n) is 6.91. The van der Waals surface area contributed by atoms with Crippen LogP contribution in [0.25, 0.3) is 6.08 Å². The highest BCUT2D eigenvalue weighted by Gasteiger charge is 2.22. The van der Waals surface area contributed by atoms with Crippen LogP contribution in [0.4, 0.5) is 0 Å². The van der Waals surface area contributed by atoms with Gasteiger partial charge in [-0.2, -0.15) is 0 Å². The van der Waals surface area contributed by atoms with Gasteiger partial charge in [-0.05, 0) is 61.7 Å². The van der Waals surface area contributed by atoms with Gasteiger partial charge < -0.3 is 5.32 Å². The lowest BCUT2D eigenvalue weighted by atomic mass is 9.96. The Morgan fingerprint density at radius 2 is 1.65 bits per heavy atom. The lowest BCUT2D eigenvalue weighted by molar-refractivity contribution is 0.438. The van der Waals surface area contributed by atoms with E-state index in [1.165, 1.54) is 49.9 Å². The van der Waals surface area contributed by atoms with Gasteiger partial charge in [-0.15, -0.1) is 0 Å². The summed E-state index contributed by atoms with van der Waals surface area (Å²) in [5.74, 6) is 1.65. The number of allylic oxidation sites excluding steroid dienone is 1. The quantitative estimate of drug-likeness (QED) is 0.832. The molecule has 1 N–H and O–H groups in total. The van der Waals surface area contributed by atoms with Crippen molar-refractivity contribution in [3.8, 4) is 0 Å². The predicted molar refractivity (Wildman–Crippen MR) is 73.0 cm³/mol. The van der Waals surface area contributed by atoms with Crippen LogP contribution in [-0.4, -0.2) is 13.1 Å². The lowest BCUT2D eigenvalue weighted by Gasteiger charge is -2.19. The van der Waals surface area contributed by atoms with Crippen molar-refractivity contribution in [3.63, 3.8) is 0 Å². The Morgan fingerprint density at radius 1 is 0.941 bits per heavy atom. The third-order valence-electron chi connectivity index (χ3n) is 3.93. The average molecular weight is 227 g/mol. The van der Waals surface area contributed by atoms with Crippen molar-refractivity contribution in [2.75, 3.05) is 13.1 Å². The SMILES string of the molecule is C(=C\C1CCNCC1)/c1ccc(C2CC2)cc1. The third-order valence-corrected chi connectivity index (χ3v) is 3.93. The van der Waals surface area contributed by atoms with E-state index in [1.54, 1.807) is 0 Å². The molecule has 0 atom stereocenters. The predicted octanol–water partition coefficient (Wildman–Crippen LogP) is 3.58. The van der Waals surface area contributed by atoms with Crippen molar-refractivity contribution >= 4 is 6.08 Å². The van der Waals surface area contributed by atoms with Gasteiger partial charge in [-0.25, -0.2) is 0 Å². The summed E-state index contributed by atoms with van der Waals surface area (Å²) in [5.41, 5.74) is 2.89. The molecule has 1 aliphatic carbocycles. The molecule has 3 rings (SSSR count). The molecule has 0 aromatic heterocycles. The zero-order chi connectivity index (χ0) is 11.5. The van der Waals surface area contributed by atoms with Crippen molar-refractivity contribution in [2.45, 2.75) is 31.6 Å². The van der Waals surface area contributed by atoms with E-state index in [0.29, 0.717) is 0 Å². The van der Waals surface area contributed by atoms with E-state index in [2.05, 4.69) is 41.7 Å². The molecular weight excluding hydrogens is 206 g/mol. The van der Waals surface area contributed by atoms with Crippen LogP contribution in [0.5, 0.6) is 0 Å². The maximum Gasteiger partial charge on any atom is -0.00433 e. The molecule has 2 fully saturated rings. The Bertz CT molecular complexity index is 380. The molecule has 0 radical (unpaired) electrons. The van der Waals surface area contributed by atoms with Gasteiger partial charge in [-0.1, -0.05) is 36.4 Å². The van der Waals surface area contributed by atoms with Gasteiger partial charge >= 0.3 is 0 Å². The number of nitrogens with one attached hydrogen (secondary N) is 1. The minimum atomic E-state index is 0.777. The summed E-state index contributed by atoms with van der Waals surface area (Å²) in [6.45, 7) is 2.35. The first-order chi connectivity index (χ1) is 8.42. The molecule has 1 nitrogen and oxygen atoms in total. The molecule has 1 aromatic rings. The fourth-order valence-corrected chi connectivity index (χ4v) is 2.58. The van der Waals surface area contributed by atoms with E-state index < -0.39 is 0 Å². The number of hydrogen-bond donors (Lipinski definition) is 1. The van der Waals surface area contributed by atoms with E-state index in [4.69, 9.17) is 0 Å². The van der Waals surface area contributed by atoms with Crippen molar-refractivity contribution in [1.29, 1.82) is 0 Å². The normalized spacial score (nSPS) is 22.1. The van der Waals surface area contributed by atoms with Crippen LogP contribution in [0.15, 0.2) is 30.3 Å². The molecule has 0 bridgehead atoms. The molecule has 1 aliphatic heterocycles. The highest BCUT2D eigenvalue weighted by atomic mass is 14.9. The number of hydrogen-bond acceptors (Lipinski definition) is 1. The fourth-order valence-electron chi connectivity index (χ4n) is 2.58. The molecule has 1 heteroatoms. The van der Waals surface area contributed by atoms with Crippen LogP contribution in [0.2, 0.25) is 0 Å². The van der Waals surface area contributed by atoms with Crippen molar-refractivity contribution < 1.29 is 0 Å². The second-order valence-corrected chi connectivity index (χ2v) is 5.39. The molecule has 1 saturated heterocycles. The van der Waals surface area contributed by atoms with Crippen molar-refractivity contribution in [2.24, 2.45) is 5.92 Å². The summed E-state index contributed by atoms with van der Waals surface area (Å²) >= 11 is 0. The third kappa shape index (κ3) is 2.98. The van der Waals surface area contributed by atoms with Gasteiger partial charge in [0.2, 0.25) is 0 Å². The van der Waals surface area contributed by atoms with E-state index in [-0.39, 0.29) is 0 Å². The molecule has 1 heterocycles. The Balaban J connectivity index is 1.61. The topological polar surface area (TPSA) is 12.0 Å². The lowest BCUT2D eigenvalue weighted by Crippen LogP contribution is -2.26. The van der Waals surface area contributed by atoms with E-state index in [9.17, 15) is 0 Å². The summed E-state index contributed by atoms with van der Waals surface area (Å²) in [6.07, 6.45) is 10.1. The second kappa shape index (κ2) is 5.05. The van der Waals surface area contributed by atoms with E-state index in [1.807, 2.05) is 0 Å². The Hall–Kier alpha value is -1.08. The highest BCUT2D eigenvalue weighted by molar-refractivity contribution is 5.50. The Labute approximate surface area is 104 Å². The minimum Gasteiger partial charge on any atom is -0.317 e. The van der Waals surface area contributed by atoms with Crippen LogP contribution in [-0.2, 0) is 0 Å². The molecule has 17 heavy (non-hydrogen) atoms. The largest absolute Gasteiger partial charge is 0.317 e. The minimum absolute atomic E-state index is 0.777. The van der Waals surface area contributed by atoms with Gasteiger partial charge in [-0.3, -0.25) is 0 Å². The average Bonchev–Trinajstić information content (AvgIpc) is 3.23. The molecule has 2 aliphatic rings. The van der Waals surface area contributed by atoms with Crippen LogP contribution in [0.3, 0.4) is 0 Å². The summed E-state index contributed by atoms with van der Waals surface area (Å²) in [6, 6.07) is 9.15.